The monoisotopic (exact) mass is 383 g/mol. The number of rotatable bonds is 3. The Morgan fingerprint density at radius 1 is 1.00 bits per heavy atom. The van der Waals surface area contributed by atoms with Gasteiger partial charge in [0.15, 0.2) is 0 Å². The third-order valence-electron chi connectivity index (χ3n) is 4.84. The largest absolute Gasteiger partial charge is 0.351 e. The maximum absolute atomic E-state index is 12.9. The summed E-state index contributed by atoms with van der Waals surface area (Å²) >= 11 is 0. The molecule has 2 amide bonds. The van der Waals surface area contributed by atoms with E-state index in [-0.39, 0.29) is 23.5 Å². The Kier molecular flexibility index (Phi) is 4.58. The van der Waals surface area contributed by atoms with Crippen molar-refractivity contribution in [3.63, 3.8) is 0 Å². The fourth-order valence-electron chi connectivity index (χ4n) is 3.30. The first kappa shape index (κ1) is 18.1. The molecule has 3 aromatic heterocycles. The van der Waals surface area contributed by atoms with Gasteiger partial charge >= 0.3 is 0 Å². The van der Waals surface area contributed by atoms with E-state index in [1.54, 1.807) is 28.9 Å². The van der Waals surface area contributed by atoms with Crippen LogP contribution in [0.4, 0.5) is 0 Å². The molecule has 1 saturated heterocycles. The number of hydrogen-bond donors (Lipinski definition) is 0. The van der Waals surface area contributed by atoms with Crippen molar-refractivity contribution in [2.45, 2.75) is 26.7 Å². The van der Waals surface area contributed by atoms with E-state index in [0.717, 1.165) is 11.1 Å². The molecule has 1 aliphatic heterocycles. The second kappa shape index (κ2) is 7.06. The third-order valence-corrected chi connectivity index (χ3v) is 4.84. The predicted molar refractivity (Wildman–Crippen MR) is 98.9 cm³/mol. The lowest BCUT2D eigenvalue weighted by Gasteiger charge is -2.34. The van der Waals surface area contributed by atoms with Crippen molar-refractivity contribution in [1.82, 2.24) is 25.1 Å². The Hall–Kier alpha value is -3.23. The molecule has 0 saturated carbocycles. The SMILES string of the molecule is Cc1cc(C(=O)N2CCN(C(=O)c3cnc4onc(C(C)C)c4c3)CC2)on1. The summed E-state index contributed by atoms with van der Waals surface area (Å²) in [5.74, 6) is 0.0676. The summed E-state index contributed by atoms with van der Waals surface area (Å²) in [5.41, 5.74) is 2.37. The number of carbonyl (C=O) groups is 2. The van der Waals surface area contributed by atoms with E-state index in [0.29, 0.717) is 43.1 Å². The molecule has 9 nitrogen and oxygen atoms in total. The fourth-order valence-corrected chi connectivity index (χ4v) is 3.30. The molecule has 1 aliphatic rings. The van der Waals surface area contributed by atoms with Gasteiger partial charge < -0.3 is 18.8 Å². The van der Waals surface area contributed by atoms with Crippen LogP contribution in [0.1, 0.15) is 52.1 Å². The first-order chi connectivity index (χ1) is 13.4. The summed E-state index contributed by atoms with van der Waals surface area (Å²) in [5, 5.41) is 8.56. The minimum absolute atomic E-state index is 0.118. The van der Waals surface area contributed by atoms with E-state index < -0.39 is 0 Å². The van der Waals surface area contributed by atoms with Crippen molar-refractivity contribution in [3.8, 4) is 0 Å². The van der Waals surface area contributed by atoms with Crippen LogP contribution in [0.25, 0.3) is 11.1 Å². The van der Waals surface area contributed by atoms with Crippen LogP contribution >= 0.6 is 0 Å². The second-order valence-electron chi connectivity index (χ2n) is 7.22. The molecule has 9 heteroatoms. The zero-order chi connectivity index (χ0) is 19.8. The number of carbonyl (C=O) groups excluding carboxylic acids is 2. The highest BCUT2D eigenvalue weighted by Gasteiger charge is 2.28. The Morgan fingerprint density at radius 2 is 1.68 bits per heavy atom. The van der Waals surface area contributed by atoms with Gasteiger partial charge in [0.2, 0.25) is 5.76 Å². The maximum atomic E-state index is 12.9. The highest BCUT2D eigenvalue weighted by Crippen LogP contribution is 2.24. The van der Waals surface area contributed by atoms with Crippen molar-refractivity contribution < 1.29 is 18.6 Å². The van der Waals surface area contributed by atoms with E-state index in [9.17, 15) is 9.59 Å². The fraction of sp³-hybridized carbons (Fsp3) is 0.421. The van der Waals surface area contributed by atoms with Crippen LogP contribution in [0.15, 0.2) is 27.4 Å². The van der Waals surface area contributed by atoms with E-state index in [2.05, 4.69) is 15.3 Å². The van der Waals surface area contributed by atoms with Crippen LogP contribution in [0, 0.1) is 6.92 Å². The first-order valence-electron chi connectivity index (χ1n) is 9.21. The van der Waals surface area contributed by atoms with Crippen LogP contribution in [-0.2, 0) is 0 Å². The molecule has 4 heterocycles. The second-order valence-corrected chi connectivity index (χ2v) is 7.22. The summed E-state index contributed by atoms with van der Waals surface area (Å²) in [6.07, 6.45) is 1.51. The lowest BCUT2D eigenvalue weighted by atomic mass is 10.1. The number of aryl methyl sites for hydroxylation is 1. The van der Waals surface area contributed by atoms with Gasteiger partial charge in [-0.3, -0.25) is 9.59 Å². The number of aromatic nitrogens is 3. The van der Waals surface area contributed by atoms with Crippen LogP contribution in [0.3, 0.4) is 0 Å². The molecule has 0 spiro atoms. The van der Waals surface area contributed by atoms with Gasteiger partial charge in [-0.2, -0.15) is 0 Å². The van der Waals surface area contributed by atoms with E-state index >= 15 is 0 Å². The standard InChI is InChI=1S/C19H21N5O4/c1-11(2)16-14-9-13(10-20-17(14)28-22-16)18(25)23-4-6-24(7-5-23)19(26)15-8-12(3)21-27-15/h8-11H,4-7H2,1-3H3. The number of hydrogen-bond acceptors (Lipinski definition) is 7. The first-order valence-corrected chi connectivity index (χ1v) is 9.21. The van der Waals surface area contributed by atoms with Gasteiger partial charge in [-0.05, 0) is 18.9 Å². The summed E-state index contributed by atoms with van der Waals surface area (Å²) < 4.78 is 10.3. The van der Waals surface area contributed by atoms with Crippen LogP contribution in [0.2, 0.25) is 0 Å². The summed E-state index contributed by atoms with van der Waals surface area (Å²) in [7, 11) is 0. The van der Waals surface area contributed by atoms with E-state index in [4.69, 9.17) is 9.05 Å². The molecular formula is C19H21N5O4. The molecule has 28 heavy (non-hydrogen) atoms. The molecular weight excluding hydrogens is 362 g/mol. The summed E-state index contributed by atoms with van der Waals surface area (Å²) in [6.45, 7) is 7.54. The summed E-state index contributed by atoms with van der Waals surface area (Å²) in [6, 6.07) is 3.40. The molecule has 0 aromatic carbocycles. The maximum Gasteiger partial charge on any atom is 0.292 e. The number of amides is 2. The molecule has 0 atom stereocenters. The van der Waals surface area contributed by atoms with E-state index in [1.807, 2.05) is 13.8 Å². The average Bonchev–Trinajstić information content (AvgIpc) is 3.32. The topological polar surface area (TPSA) is 106 Å². The van der Waals surface area contributed by atoms with Crippen molar-refractivity contribution in [3.05, 3.63) is 41.0 Å². The van der Waals surface area contributed by atoms with Gasteiger partial charge in [0, 0.05) is 38.4 Å². The Morgan fingerprint density at radius 3 is 2.29 bits per heavy atom. The molecule has 4 rings (SSSR count). The van der Waals surface area contributed by atoms with Gasteiger partial charge in [0.25, 0.3) is 17.5 Å². The summed E-state index contributed by atoms with van der Waals surface area (Å²) in [4.78, 5) is 33.0. The van der Waals surface area contributed by atoms with Gasteiger partial charge in [0.05, 0.1) is 22.3 Å². The lowest BCUT2D eigenvalue weighted by molar-refractivity contribution is 0.0512. The highest BCUT2D eigenvalue weighted by molar-refractivity contribution is 5.97. The zero-order valence-corrected chi connectivity index (χ0v) is 16.0. The normalized spacial score (nSPS) is 14.9. The van der Waals surface area contributed by atoms with Crippen molar-refractivity contribution in [2.24, 2.45) is 0 Å². The van der Waals surface area contributed by atoms with Crippen LogP contribution < -0.4 is 0 Å². The molecule has 0 radical (unpaired) electrons. The zero-order valence-electron chi connectivity index (χ0n) is 16.0. The lowest BCUT2D eigenvalue weighted by Crippen LogP contribution is -2.50. The quantitative estimate of drug-likeness (QED) is 0.683. The molecule has 0 bridgehead atoms. The van der Waals surface area contributed by atoms with Crippen molar-refractivity contribution >= 4 is 22.9 Å². The number of piperazine rings is 1. The minimum Gasteiger partial charge on any atom is -0.351 e. The van der Waals surface area contributed by atoms with Crippen molar-refractivity contribution in [1.29, 1.82) is 0 Å². The molecule has 0 aliphatic carbocycles. The van der Waals surface area contributed by atoms with Gasteiger partial charge in [-0.1, -0.05) is 24.2 Å². The number of pyridine rings is 1. The smallest absolute Gasteiger partial charge is 0.292 e. The number of fused-ring (bicyclic) bond motifs is 1. The third kappa shape index (κ3) is 3.23. The minimum atomic E-state index is -0.207. The van der Waals surface area contributed by atoms with Gasteiger partial charge in [0.1, 0.15) is 0 Å². The average molecular weight is 383 g/mol. The highest BCUT2D eigenvalue weighted by atomic mass is 16.5. The predicted octanol–water partition coefficient (Wildman–Crippen LogP) is 2.24. The van der Waals surface area contributed by atoms with Gasteiger partial charge in [-0.25, -0.2) is 4.98 Å². The molecule has 0 N–H and O–H groups in total. The van der Waals surface area contributed by atoms with Crippen LogP contribution in [-0.4, -0.2) is 63.1 Å². The molecule has 0 unspecified atom stereocenters. The van der Waals surface area contributed by atoms with Crippen LogP contribution in [0.5, 0.6) is 0 Å². The van der Waals surface area contributed by atoms with Crippen molar-refractivity contribution in [2.75, 3.05) is 26.2 Å². The molecule has 1 fully saturated rings. The van der Waals surface area contributed by atoms with Gasteiger partial charge in [-0.15, -0.1) is 0 Å². The number of nitrogens with zero attached hydrogens (tertiary/aromatic N) is 5. The van der Waals surface area contributed by atoms with E-state index in [1.165, 1.54) is 6.20 Å². The molecule has 146 valence electrons. The Bertz CT molecular complexity index is 1030. The molecule has 3 aromatic rings. The Balaban J connectivity index is 1.46. The Labute approximate surface area is 161 Å².